The molecule has 0 saturated carbocycles. The molecule has 2 rings (SSSR count). The number of hydrogen-bond acceptors (Lipinski definition) is 6. The summed E-state index contributed by atoms with van der Waals surface area (Å²) < 4.78 is 10.5. The van der Waals surface area contributed by atoms with Crippen LogP contribution in [0.1, 0.15) is 31.3 Å². The first-order valence-corrected chi connectivity index (χ1v) is 7.95. The number of carbonyl (C=O) groups is 1. The SMILES string of the molecule is COc1cc(Nc2nccc(C(=O)NC(C)(C)C)n2)c(OC)cc1Cl. The Balaban J connectivity index is 2.29. The lowest BCUT2D eigenvalue weighted by Crippen LogP contribution is -2.41. The lowest BCUT2D eigenvalue weighted by molar-refractivity contribution is 0.0914. The van der Waals surface area contributed by atoms with Crippen molar-refractivity contribution in [1.82, 2.24) is 15.3 Å². The first kappa shape index (κ1) is 18.8. The van der Waals surface area contributed by atoms with Gasteiger partial charge < -0.3 is 20.1 Å². The van der Waals surface area contributed by atoms with Gasteiger partial charge in [0.25, 0.3) is 5.91 Å². The van der Waals surface area contributed by atoms with Gasteiger partial charge in [0.1, 0.15) is 17.2 Å². The lowest BCUT2D eigenvalue weighted by Gasteiger charge is -2.20. The number of nitrogens with one attached hydrogen (secondary N) is 2. The molecule has 0 aliphatic carbocycles. The van der Waals surface area contributed by atoms with Gasteiger partial charge in [0.05, 0.1) is 24.9 Å². The van der Waals surface area contributed by atoms with Gasteiger partial charge in [0, 0.05) is 23.9 Å². The van der Waals surface area contributed by atoms with Crippen LogP contribution >= 0.6 is 11.6 Å². The number of rotatable bonds is 5. The molecule has 0 aliphatic heterocycles. The molecule has 0 bridgehead atoms. The molecule has 0 saturated heterocycles. The molecule has 1 heterocycles. The van der Waals surface area contributed by atoms with Crippen LogP contribution in [0.4, 0.5) is 11.6 Å². The van der Waals surface area contributed by atoms with Crippen LogP contribution in [0.15, 0.2) is 24.4 Å². The summed E-state index contributed by atoms with van der Waals surface area (Å²) >= 11 is 6.09. The van der Waals surface area contributed by atoms with E-state index in [0.717, 1.165) is 0 Å². The van der Waals surface area contributed by atoms with Gasteiger partial charge in [-0.1, -0.05) is 11.6 Å². The van der Waals surface area contributed by atoms with Crippen molar-refractivity contribution in [3.8, 4) is 11.5 Å². The second-order valence-corrected chi connectivity index (χ2v) is 6.69. The van der Waals surface area contributed by atoms with Crippen LogP contribution in [0, 0.1) is 0 Å². The van der Waals surface area contributed by atoms with Gasteiger partial charge >= 0.3 is 0 Å². The van der Waals surface area contributed by atoms with Gasteiger partial charge in [0.15, 0.2) is 0 Å². The van der Waals surface area contributed by atoms with Gasteiger partial charge in [-0.25, -0.2) is 9.97 Å². The van der Waals surface area contributed by atoms with Gasteiger partial charge in [-0.05, 0) is 26.8 Å². The third kappa shape index (κ3) is 4.96. The Labute approximate surface area is 151 Å². The number of nitrogens with zero attached hydrogens (tertiary/aromatic N) is 2. The Morgan fingerprint density at radius 2 is 1.84 bits per heavy atom. The first-order chi connectivity index (χ1) is 11.7. The summed E-state index contributed by atoms with van der Waals surface area (Å²) in [7, 11) is 3.04. The summed E-state index contributed by atoms with van der Waals surface area (Å²) in [5.41, 5.74) is 0.465. The third-order valence-electron chi connectivity index (χ3n) is 3.10. The number of ether oxygens (including phenoxy) is 2. The molecule has 25 heavy (non-hydrogen) atoms. The van der Waals surface area contributed by atoms with E-state index in [0.29, 0.717) is 22.2 Å². The largest absolute Gasteiger partial charge is 0.495 e. The molecule has 0 atom stereocenters. The maximum atomic E-state index is 12.2. The second kappa shape index (κ2) is 7.57. The minimum Gasteiger partial charge on any atom is -0.495 e. The van der Waals surface area contributed by atoms with E-state index in [2.05, 4.69) is 20.6 Å². The molecule has 0 aliphatic rings. The fourth-order valence-electron chi connectivity index (χ4n) is 2.03. The van der Waals surface area contributed by atoms with Crippen molar-refractivity contribution in [2.24, 2.45) is 0 Å². The first-order valence-electron chi connectivity index (χ1n) is 7.57. The minimum atomic E-state index is -0.359. The molecule has 2 N–H and O–H groups in total. The summed E-state index contributed by atoms with van der Waals surface area (Å²) in [6.45, 7) is 5.70. The van der Waals surface area contributed by atoms with Crippen LogP contribution < -0.4 is 20.1 Å². The summed E-state index contributed by atoms with van der Waals surface area (Å²) in [6.07, 6.45) is 1.51. The molecule has 0 radical (unpaired) electrons. The monoisotopic (exact) mass is 364 g/mol. The Kier molecular flexibility index (Phi) is 5.69. The van der Waals surface area contributed by atoms with Crippen molar-refractivity contribution in [2.45, 2.75) is 26.3 Å². The zero-order valence-electron chi connectivity index (χ0n) is 14.8. The highest BCUT2D eigenvalue weighted by molar-refractivity contribution is 6.32. The highest BCUT2D eigenvalue weighted by Gasteiger charge is 2.17. The van der Waals surface area contributed by atoms with Crippen molar-refractivity contribution < 1.29 is 14.3 Å². The second-order valence-electron chi connectivity index (χ2n) is 6.28. The molecule has 7 nitrogen and oxygen atoms in total. The Hall–Kier alpha value is -2.54. The van der Waals surface area contributed by atoms with Crippen LogP contribution in [0.2, 0.25) is 5.02 Å². The fourth-order valence-corrected chi connectivity index (χ4v) is 2.26. The van der Waals surface area contributed by atoms with Crippen molar-refractivity contribution in [3.05, 3.63) is 35.1 Å². The van der Waals surface area contributed by atoms with Gasteiger partial charge in [0.2, 0.25) is 5.95 Å². The van der Waals surface area contributed by atoms with Crippen LogP contribution in [0.3, 0.4) is 0 Å². The summed E-state index contributed by atoms with van der Waals surface area (Å²) in [5.74, 6) is 0.952. The van der Waals surface area contributed by atoms with Gasteiger partial charge in [-0.3, -0.25) is 4.79 Å². The normalized spacial score (nSPS) is 11.0. The maximum absolute atomic E-state index is 12.2. The van der Waals surface area contributed by atoms with E-state index >= 15 is 0 Å². The topological polar surface area (TPSA) is 85.4 Å². The Morgan fingerprint density at radius 1 is 1.16 bits per heavy atom. The third-order valence-corrected chi connectivity index (χ3v) is 3.39. The van der Waals surface area contributed by atoms with Gasteiger partial charge in [-0.15, -0.1) is 0 Å². The van der Waals surface area contributed by atoms with E-state index in [1.54, 1.807) is 18.2 Å². The maximum Gasteiger partial charge on any atom is 0.270 e. The zero-order chi connectivity index (χ0) is 18.6. The lowest BCUT2D eigenvalue weighted by atomic mass is 10.1. The number of aromatic nitrogens is 2. The zero-order valence-corrected chi connectivity index (χ0v) is 15.6. The highest BCUT2D eigenvalue weighted by atomic mass is 35.5. The molecule has 134 valence electrons. The van der Waals surface area contributed by atoms with Gasteiger partial charge in [-0.2, -0.15) is 0 Å². The molecular formula is C17H21ClN4O3. The molecule has 1 aromatic carbocycles. The van der Waals surface area contributed by atoms with Crippen molar-refractivity contribution >= 4 is 29.1 Å². The van der Waals surface area contributed by atoms with E-state index in [-0.39, 0.29) is 23.1 Å². The number of anilines is 2. The van der Waals surface area contributed by atoms with E-state index in [1.165, 1.54) is 20.4 Å². The average Bonchev–Trinajstić information content (AvgIpc) is 2.54. The standard InChI is InChI=1S/C17H21ClN4O3/c1-17(2,3)22-15(23)11-6-7-19-16(20-11)21-12-9-13(24-4)10(18)8-14(12)25-5/h6-9H,1-5H3,(H,22,23)(H,19,20,21). The van der Waals surface area contributed by atoms with E-state index < -0.39 is 0 Å². The fraction of sp³-hybridized carbons (Fsp3) is 0.353. The smallest absolute Gasteiger partial charge is 0.270 e. The summed E-state index contributed by atoms with van der Waals surface area (Å²) in [5, 5.41) is 6.29. The molecule has 2 aromatic rings. The highest BCUT2D eigenvalue weighted by Crippen LogP contribution is 2.36. The minimum absolute atomic E-state index is 0.254. The number of amides is 1. The number of hydrogen-bond donors (Lipinski definition) is 2. The number of carbonyl (C=O) groups excluding carboxylic acids is 1. The quantitative estimate of drug-likeness (QED) is 0.845. The van der Waals surface area contributed by atoms with E-state index in [9.17, 15) is 4.79 Å². The molecule has 1 amide bonds. The molecule has 8 heteroatoms. The summed E-state index contributed by atoms with van der Waals surface area (Å²) in [6, 6.07) is 4.84. The Bertz CT molecular complexity index is 775. The molecular weight excluding hydrogens is 344 g/mol. The summed E-state index contributed by atoms with van der Waals surface area (Å²) in [4.78, 5) is 20.6. The van der Waals surface area contributed by atoms with Crippen LogP contribution in [-0.4, -0.2) is 35.6 Å². The molecule has 0 unspecified atom stereocenters. The van der Waals surface area contributed by atoms with Crippen molar-refractivity contribution in [2.75, 3.05) is 19.5 Å². The van der Waals surface area contributed by atoms with Crippen LogP contribution in [0.5, 0.6) is 11.5 Å². The van der Waals surface area contributed by atoms with Crippen LogP contribution in [-0.2, 0) is 0 Å². The molecule has 0 spiro atoms. The van der Waals surface area contributed by atoms with Crippen molar-refractivity contribution in [3.63, 3.8) is 0 Å². The van der Waals surface area contributed by atoms with Crippen molar-refractivity contribution in [1.29, 1.82) is 0 Å². The molecule has 0 fully saturated rings. The number of methoxy groups -OCH3 is 2. The average molecular weight is 365 g/mol. The predicted octanol–water partition coefficient (Wildman–Crippen LogP) is 3.42. The van der Waals surface area contributed by atoms with E-state index in [4.69, 9.17) is 21.1 Å². The molecule has 1 aromatic heterocycles. The van der Waals surface area contributed by atoms with E-state index in [1.807, 2.05) is 20.8 Å². The predicted molar refractivity (Wildman–Crippen MR) is 97.1 cm³/mol. The number of halogens is 1. The Morgan fingerprint density at radius 3 is 2.44 bits per heavy atom. The van der Waals surface area contributed by atoms with Crippen LogP contribution in [0.25, 0.3) is 0 Å². The number of benzene rings is 1.